The minimum absolute atomic E-state index is 0.0890. The van der Waals surface area contributed by atoms with Gasteiger partial charge in [0.1, 0.15) is 0 Å². The van der Waals surface area contributed by atoms with Crippen molar-refractivity contribution in [3.05, 3.63) is 82.3 Å². The monoisotopic (exact) mass is 382 g/mol. The first-order valence-corrected chi connectivity index (χ1v) is 9.69. The predicted octanol–water partition coefficient (Wildman–Crippen LogP) is 2.61. The van der Waals surface area contributed by atoms with E-state index in [4.69, 9.17) is 0 Å². The molecule has 27 heavy (non-hydrogen) atoms. The third-order valence-corrected chi connectivity index (χ3v) is 5.24. The van der Waals surface area contributed by atoms with Crippen molar-refractivity contribution >= 4 is 17.7 Å². The standard InChI is InChI=1S/C20H22N4O2S/c1-15(18(25)21-14-17-10-6-3-7-11-17)27-20-23-22-19(26)24(20)13-12-16-8-4-2-5-9-16/h2-11,15H,12-14H2,1H3,(H,21,25)(H,22,26)/t15-/m0/s1. The highest BCUT2D eigenvalue weighted by molar-refractivity contribution is 8.00. The molecule has 0 radical (unpaired) electrons. The number of aromatic amines is 1. The molecule has 3 rings (SSSR count). The molecular weight excluding hydrogens is 360 g/mol. The summed E-state index contributed by atoms with van der Waals surface area (Å²) in [5.41, 5.74) is 1.93. The molecule has 0 aliphatic carbocycles. The van der Waals surface area contributed by atoms with E-state index in [1.807, 2.05) is 67.6 Å². The van der Waals surface area contributed by atoms with Gasteiger partial charge in [0, 0.05) is 13.1 Å². The topological polar surface area (TPSA) is 79.8 Å². The van der Waals surface area contributed by atoms with Crippen LogP contribution in [-0.4, -0.2) is 25.9 Å². The quantitative estimate of drug-likeness (QED) is 0.587. The summed E-state index contributed by atoms with van der Waals surface area (Å²) in [4.78, 5) is 24.4. The minimum Gasteiger partial charge on any atom is -0.351 e. The van der Waals surface area contributed by atoms with Gasteiger partial charge in [0.05, 0.1) is 5.25 Å². The van der Waals surface area contributed by atoms with Crippen molar-refractivity contribution in [2.75, 3.05) is 0 Å². The maximum Gasteiger partial charge on any atom is 0.343 e. The van der Waals surface area contributed by atoms with Crippen LogP contribution in [-0.2, 0) is 24.3 Å². The highest BCUT2D eigenvalue weighted by Gasteiger charge is 2.18. The Morgan fingerprint density at radius 2 is 1.74 bits per heavy atom. The summed E-state index contributed by atoms with van der Waals surface area (Å²) in [6.07, 6.45) is 0.725. The third-order valence-electron chi connectivity index (χ3n) is 4.15. The van der Waals surface area contributed by atoms with Crippen LogP contribution in [0.25, 0.3) is 0 Å². The van der Waals surface area contributed by atoms with Crippen LogP contribution in [0.5, 0.6) is 0 Å². The molecule has 0 aliphatic rings. The maximum absolute atomic E-state index is 12.4. The largest absolute Gasteiger partial charge is 0.351 e. The Bertz CT molecular complexity index is 922. The van der Waals surface area contributed by atoms with E-state index in [2.05, 4.69) is 15.5 Å². The Kier molecular flexibility index (Phi) is 6.49. The molecule has 7 heteroatoms. The van der Waals surface area contributed by atoms with Crippen LogP contribution in [0.3, 0.4) is 0 Å². The second kappa shape index (κ2) is 9.23. The molecule has 0 saturated carbocycles. The second-order valence-electron chi connectivity index (χ2n) is 6.16. The van der Waals surface area contributed by atoms with Gasteiger partial charge in [0.15, 0.2) is 5.16 Å². The van der Waals surface area contributed by atoms with Crippen molar-refractivity contribution in [2.45, 2.75) is 36.8 Å². The average molecular weight is 382 g/mol. The fraction of sp³-hybridized carbons (Fsp3) is 0.250. The van der Waals surface area contributed by atoms with Gasteiger partial charge >= 0.3 is 5.69 Å². The van der Waals surface area contributed by atoms with Gasteiger partial charge in [-0.3, -0.25) is 9.36 Å². The van der Waals surface area contributed by atoms with Crippen LogP contribution < -0.4 is 11.0 Å². The van der Waals surface area contributed by atoms with E-state index in [9.17, 15) is 9.59 Å². The van der Waals surface area contributed by atoms with Gasteiger partial charge in [0.25, 0.3) is 0 Å². The number of aromatic nitrogens is 3. The van der Waals surface area contributed by atoms with Crippen molar-refractivity contribution in [3.8, 4) is 0 Å². The molecule has 0 spiro atoms. The highest BCUT2D eigenvalue weighted by Crippen LogP contribution is 2.20. The molecule has 1 aromatic heterocycles. The van der Waals surface area contributed by atoms with Crippen molar-refractivity contribution in [2.24, 2.45) is 0 Å². The van der Waals surface area contributed by atoms with Crippen molar-refractivity contribution < 1.29 is 4.79 Å². The smallest absolute Gasteiger partial charge is 0.343 e. The zero-order valence-electron chi connectivity index (χ0n) is 15.1. The zero-order chi connectivity index (χ0) is 19.1. The van der Waals surface area contributed by atoms with E-state index in [-0.39, 0.29) is 16.8 Å². The van der Waals surface area contributed by atoms with Gasteiger partial charge in [-0.1, -0.05) is 72.4 Å². The van der Waals surface area contributed by atoms with Crippen LogP contribution in [0.1, 0.15) is 18.1 Å². The Morgan fingerprint density at radius 3 is 2.41 bits per heavy atom. The summed E-state index contributed by atoms with van der Waals surface area (Å²) >= 11 is 1.28. The number of amides is 1. The summed E-state index contributed by atoms with van der Waals surface area (Å²) in [5, 5.41) is 9.64. The molecule has 0 saturated heterocycles. The number of nitrogens with zero attached hydrogens (tertiary/aromatic N) is 2. The first-order valence-electron chi connectivity index (χ1n) is 8.81. The number of hydrogen-bond donors (Lipinski definition) is 2. The molecule has 2 N–H and O–H groups in total. The van der Waals surface area contributed by atoms with Gasteiger partial charge in [-0.05, 0) is 24.5 Å². The molecule has 0 unspecified atom stereocenters. The van der Waals surface area contributed by atoms with Crippen molar-refractivity contribution in [3.63, 3.8) is 0 Å². The summed E-state index contributed by atoms with van der Waals surface area (Å²) in [5.74, 6) is -0.0890. The lowest BCUT2D eigenvalue weighted by atomic mass is 10.1. The molecule has 140 valence electrons. The Hall–Kier alpha value is -2.80. The molecule has 6 nitrogen and oxygen atoms in total. The first-order chi connectivity index (χ1) is 13.1. The molecular formula is C20H22N4O2S. The number of nitrogens with one attached hydrogen (secondary N) is 2. The molecule has 0 aliphatic heterocycles. The molecule has 0 bridgehead atoms. The lowest BCUT2D eigenvalue weighted by molar-refractivity contribution is -0.120. The number of benzene rings is 2. The summed E-state index contributed by atoms with van der Waals surface area (Å²) < 4.78 is 1.58. The molecule has 3 aromatic rings. The second-order valence-corrected chi connectivity index (χ2v) is 7.47. The lowest BCUT2D eigenvalue weighted by Crippen LogP contribution is -2.31. The fourth-order valence-corrected chi connectivity index (χ4v) is 3.52. The number of H-pyrrole nitrogens is 1. The Morgan fingerprint density at radius 1 is 1.11 bits per heavy atom. The van der Waals surface area contributed by atoms with E-state index in [0.29, 0.717) is 18.2 Å². The number of aryl methyl sites for hydroxylation is 1. The van der Waals surface area contributed by atoms with E-state index < -0.39 is 0 Å². The number of carbonyl (C=O) groups is 1. The van der Waals surface area contributed by atoms with E-state index >= 15 is 0 Å². The number of thioether (sulfide) groups is 1. The minimum atomic E-state index is -0.362. The van der Waals surface area contributed by atoms with Gasteiger partial charge in [-0.25, -0.2) is 9.89 Å². The number of hydrogen-bond acceptors (Lipinski definition) is 4. The van der Waals surface area contributed by atoms with Gasteiger partial charge in [0.2, 0.25) is 5.91 Å². The van der Waals surface area contributed by atoms with E-state index in [0.717, 1.165) is 17.5 Å². The first kappa shape index (κ1) is 19.0. The van der Waals surface area contributed by atoms with Gasteiger partial charge in [-0.2, -0.15) is 0 Å². The van der Waals surface area contributed by atoms with Crippen LogP contribution in [0.15, 0.2) is 70.6 Å². The SMILES string of the molecule is C[C@H](Sc1n[nH]c(=O)n1CCc1ccccc1)C(=O)NCc1ccccc1. The van der Waals surface area contributed by atoms with E-state index in [1.165, 1.54) is 11.8 Å². The highest BCUT2D eigenvalue weighted by atomic mass is 32.2. The maximum atomic E-state index is 12.4. The zero-order valence-corrected chi connectivity index (χ0v) is 15.9. The van der Waals surface area contributed by atoms with Gasteiger partial charge < -0.3 is 5.32 Å². The fourth-order valence-electron chi connectivity index (χ4n) is 2.62. The van der Waals surface area contributed by atoms with Crippen LogP contribution in [0.2, 0.25) is 0 Å². The normalized spacial score (nSPS) is 11.9. The van der Waals surface area contributed by atoms with Crippen LogP contribution in [0.4, 0.5) is 0 Å². The lowest BCUT2D eigenvalue weighted by Gasteiger charge is -2.12. The predicted molar refractivity (Wildman–Crippen MR) is 107 cm³/mol. The molecule has 2 aromatic carbocycles. The van der Waals surface area contributed by atoms with Gasteiger partial charge in [-0.15, -0.1) is 5.10 Å². The third kappa shape index (κ3) is 5.34. The Labute approximate surface area is 162 Å². The summed E-state index contributed by atoms with van der Waals surface area (Å²) in [6, 6.07) is 19.7. The molecule has 1 amide bonds. The number of rotatable bonds is 8. The average Bonchev–Trinajstić information content (AvgIpc) is 3.05. The molecule has 1 atom stereocenters. The number of carbonyl (C=O) groups excluding carboxylic acids is 1. The van der Waals surface area contributed by atoms with Crippen molar-refractivity contribution in [1.29, 1.82) is 0 Å². The van der Waals surface area contributed by atoms with Crippen LogP contribution in [0, 0.1) is 0 Å². The summed E-state index contributed by atoms with van der Waals surface area (Å²) in [6.45, 7) is 2.80. The molecule has 0 fully saturated rings. The van der Waals surface area contributed by atoms with Crippen LogP contribution >= 0.6 is 11.8 Å². The molecule has 1 heterocycles. The Balaban J connectivity index is 1.58. The van der Waals surface area contributed by atoms with E-state index in [1.54, 1.807) is 4.57 Å². The summed E-state index contributed by atoms with van der Waals surface area (Å²) in [7, 11) is 0. The van der Waals surface area contributed by atoms with Crippen molar-refractivity contribution in [1.82, 2.24) is 20.1 Å².